The number of fused-ring (bicyclic) bond motifs is 1. The maximum Gasteiger partial charge on any atom is 0.191 e. The first kappa shape index (κ1) is 23.1. The lowest BCUT2D eigenvalue weighted by Crippen LogP contribution is -2.37. The second-order valence-corrected chi connectivity index (χ2v) is 7.85. The Kier molecular flexibility index (Phi) is 9.15. The van der Waals surface area contributed by atoms with Gasteiger partial charge in [0.25, 0.3) is 0 Å². The summed E-state index contributed by atoms with van der Waals surface area (Å²) < 4.78 is 13.4. The van der Waals surface area contributed by atoms with Gasteiger partial charge in [-0.15, -0.1) is 10.2 Å². The third kappa shape index (κ3) is 6.95. The topological polar surface area (TPSA) is 85.6 Å². The normalized spacial score (nSPS) is 14.1. The van der Waals surface area contributed by atoms with E-state index in [4.69, 9.17) is 14.5 Å². The third-order valence-electron chi connectivity index (χ3n) is 5.32. The Hall–Kier alpha value is -2.61. The molecule has 0 saturated heterocycles. The summed E-state index contributed by atoms with van der Waals surface area (Å²) in [5, 5.41) is 15.5. The molecule has 0 unspecified atom stereocenters. The Labute approximate surface area is 185 Å². The van der Waals surface area contributed by atoms with Crippen LogP contribution in [0.3, 0.4) is 0 Å². The number of hydrogen-bond acceptors (Lipinski definition) is 5. The number of benzene rings is 1. The van der Waals surface area contributed by atoms with Crippen LogP contribution in [0.25, 0.3) is 0 Å². The number of hydrogen-bond donors (Lipinski definition) is 2. The highest BCUT2D eigenvalue weighted by Crippen LogP contribution is 2.21. The van der Waals surface area contributed by atoms with E-state index < -0.39 is 0 Å². The summed E-state index contributed by atoms with van der Waals surface area (Å²) in [4.78, 5) is 4.78. The van der Waals surface area contributed by atoms with E-state index in [1.54, 1.807) is 7.11 Å². The van der Waals surface area contributed by atoms with Crippen molar-refractivity contribution < 1.29 is 9.47 Å². The van der Waals surface area contributed by atoms with Gasteiger partial charge in [0.15, 0.2) is 11.8 Å². The molecule has 0 atom stereocenters. The molecule has 8 nitrogen and oxygen atoms in total. The van der Waals surface area contributed by atoms with Crippen molar-refractivity contribution in [1.29, 1.82) is 0 Å². The van der Waals surface area contributed by atoms with Gasteiger partial charge < -0.3 is 24.7 Å². The Morgan fingerprint density at radius 3 is 2.90 bits per heavy atom. The van der Waals surface area contributed by atoms with Crippen molar-refractivity contribution in [3.8, 4) is 5.75 Å². The molecule has 0 saturated carbocycles. The van der Waals surface area contributed by atoms with Crippen molar-refractivity contribution in [3.05, 3.63) is 41.0 Å². The van der Waals surface area contributed by atoms with Gasteiger partial charge in [-0.25, -0.2) is 4.99 Å². The first-order chi connectivity index (χ1) is 15.2. The Morgan fingerprint density at radius 2 is 2.06 bits per heavy atom. The second-order valence-electron chi connectivity index (χ2n) is 7.85. The van der Waals surface area contributed by atoms with Gasteiger partial charge in [-0.1, -0.05) is 18.6 Å². The minimum atomic E-state index is 0.535. The summed E-state index contributed by atoms with van der Waals surface area (Å²) >= 11 is 0. The molecule has 0 fully saturated rings. The molecule has 1 aromatic carbocycles. The Bertz CT molecular complexity index is 849. The van der Waals surface area contributed by atoms with E-state index >= 15 is 0 Å². The summed E-state index contributed by atoms with van der Waals surface area (Å²) in [6.07, 6.45) is 5.52. The lowest BCUT2D eigenvalue weighted by molar-refractivity contribution is 0.172. The highest BCUT2D eigenvalue weighted by Gasteiger charge is 2.14. The number of nitrogens with zero attached hydrogens (tertiary/aromatic N) is 4. The number of aryl methyl sites for hydroxylation is 2. The SMILES string of the molecule is CCNC(=NCc1ccc(C)cc1OCCCOC)NCc1nnc2n1CCCCC2. The fourth-order valence-electron chi connectivity index (χ4n) is 3.66. The number of methoxy groups -OCH3 is 1. The van der Waals surface area contributed by atoms with Gasteiger partial charge in [-0.2, -0.15) is 0 Å². The molecule has 2 heterocycles. The van der Waals surface area contributed by atoms with Crippen LogP contribution in [0.4, 0.5) is 0 Å². The quantitative estimate of drug-likeness (QED) is 0.344. The molecular formula is C23H36N6O2. The lowest BCUT2D eigenvalue weighted by atomic mass is 10.1. The predicted octanol–water partition coefficient (Wildman–Crippen LogP) is 2.98. The number of nitrogens with one attached hydrogen (secondary N) is 2. The maximum atomic E-state index is 5.99. The van der Waals surface area contributed by atoms with Gasteiger partial charge in [0.2, 0.25) is 0 Å². The lowest BCUT2D eigenvalue weighted by Gasteiger charge is -2.14. The molecule has 2 N–H and O–H groups in total. The molecule has 0 bridgehead atoms. The average Bonchev–Trinajstić information content (AvgIpc) is 3.00. The van der Waals surface area contributed by atoms with Crippen LogP contribution in [-0.4, -0.2) is 47.6 Å². The molecule has 1 aliphatic heterocycles. The van der Waals surface area contributed by atoms with E-state index in [1.165, 1.54) is 24.8 Å². The van der Waals surface area contributed by atoms with Crippen molar-refractivity contribution >= 4 is 5.96 Å². The number of aromatic nitrogens is 3. The number of guanidine groups is 1. The first-order valence-electron chi connectivity index (χ1n) is 11.4. The van der Waals surface area contributed by atoms with Crippen LogP contribution in [-0.2, 0) is 30.8 Å². The fraction of sp³-hybridized carbons (Fsp3) is 0.609. The molecule has 170 valence electrons. The van der Waals surface area contributed by atoms with Crippen LogP contribution >= 0.6 is 0 Å². The minimum Gasteiger partial charge on any atom is -0.493 e. The first-order valence-corrected chi connectivity index (χ1v) is 11.4. The van der Waals surface area contributed by atoms with E-state index in [2.05, 4.69) is 57.4 Å². The Morgan fingerprint density at radius 1 is 1.16 bits per heavy atom. The third-order valence-corrected chi connectivity index (χ3v) is 5.32. The summed E-state index contributed by atoms with van der Waals surface area (Å²) in [7, 11) is 1.71. The maximum absolute atomic E-state index is 5.99. The molecule has 0 spiro atoms. The number of aliphatic imine (C=N–C) groups is 1. The zero-order chi connectivity index (χ0) is 21.9. The highest BCUT2D eigenvalue weighted by molar-refractivity contribution is 5.79. The number of ether oxygens (including phenoxy) is 2. The van der Waals surface area contributed by atoms with Crippen LogP contribution in [0.15, 0.2) is 23.2 Å². The molecular weight excluding hydrogens is 392 g/mol. The molecule has 2 aromatic rings. The largest absolute Gasteiger partial charge is 0.493 e. The van der Waals surface area contributed by atoms with E-state index in [0.29, 0.717) is 26.3 Å². The predicted molar refractivity (Wildman–Crippen MR) is 122 cm³/mol. The molecule has 1 aromatic heterocycles. The standard InChI is InChI=1S/C23H36N6O2/c1-4-24-23(26-17-22-28-27-21-9-6-5-7-12-29(21)22)25-16-19-11-10-18(2)15-20(19)31-14-8-13-30-3/h10-11,15H,4-9,12-14,16-17H2,1-3H3,(H2,24,25,26). The van der Waals surface area contributed by atoms with Crippen molar-refractivity contribution in [3.63, 3.8) is 0 Å². The van der Waals surface area contributed by atoms with E-state index in [9.17, 15) is 0 Å². The summed E-state index contributed by atoms with van der Waals surface area (Å²) in [6.45, 7) is 8.39. The van der Waals surface area contributed by atoms with Gasteiger partial charge in [0.1, 0.15) is 11.6 Å². The second kappa shape index (κ2) is 12.3. The van der Waals surface area contributed by atoms with Crippen molar-refractivity contribution in [1.82, 2.24) is 25.4 Å². The van der Waals surface area contributed by atoms with Crippen LogP contribution in [0.1, 0.15) is 55.4 Å². The Balaban J connectivity index is 1.64. The summed E-state index contributed by atoms with van der Waals surface area (Å²) in [5.74, 6) is 3.73. The monoisotopic (exact) mass is 428 g/mol. The van der Waals surface area contributed by atoms with Crippen molar-refractivity contribution in [2.24, 2.45) is 4.99 Å². The van der Waals surface area contributed by atoms with Gasteiger partial charge in [0, 0.05) is 45.2 Å². The van der Waals surface area contributed by atoms with E-state index in [-0.39, 0.29) is 0 Å². The highest BCUT2D eigenvalue weighted by atomic mass is 16.5. The van der Waals surface area contributed by atoms with Crippen LogP contribution in [0, 0.1) is 6.92 Å². The van der Waals surface area contributed by atoms with E-state index in [1.807, 2.05) is 0 Å². The average molecular weight is 429 g/mol. The van der Waals surface area contributed by atoms with Gasteiger partial charge >= 0.3 is 0 Å². The minimum absolute atomic E-state index is 0.535. The molecule has 3 rings (SSSR count). The van der Waals surface area contributed by atoms with Gasteiger partial charge in [-0.3, -0.25) is 0 Å². The molecule has 1 aliphatic rings. The molecule has 0 aliphatic carbocycles. The smallest absolute Gasteiger partial charge is 0.191 e. The van der Waals surface area contributed by atoms with Crippen LogP contribution in [0.2, 0.25) is 0 Å². The van der Waals surface area contributed by atoms with Crippen LogP contribution < -0.4 is 15.4 Å². The molecule has 31 heavy (non-hydrogen) atoms. The fourth-order valence-corrected chi connectivity index (χ4v) is 3.66. The zero-order valence-corrected chi connectivity index (χ0v) is 19.1. The summed E-state index contributed by atoms with van der Waals surface area (Å²) in [6, 6.07) is 6.26. The van der Waals surface area contributed by atoms with Crippen molar-refractivity contribution in [2.75, 3.05) is 26.9 Å². The number of rotatable bonds is 10. The van der Waals surface area contributed by atoms with Crippen LogP contribution in [0.5, 0.6) is 5.75 Å². The van der Waals surface area contributed by atoms with Gasteiger partial charge in [-0.05, 0) is 38.3 Å². The molecule has 8 heteroatoms. The van der Waals surface area contributed by atoms with Gasteiger partial charge in [0.05, 0.1) is 19.7 Å². The summed E-state index contributed by atoms with van der Waals surface area (Å²) in [5.41, 5.74) is 2.24. The van der Waals surface area contributed by atoms with Crippen molar-refractivity contribution in [2.45, 2.75) is 65.6 Å². The zero-order valence-electron chi connectivity index (χ0n) is 19.1. The van der Waals surface area contributed by atoms with E-state index in [0.717, 1.165) is 54.9 Å². The molecule has 0 radical (unpaired) electrons. The molecule has 0 amide bonds.